The van der Waals surface area contributed by atoms with E-state index in [0.717, 1.165) is 51.7 Å². The average Bonchev–Trinajstić information content (AvgIpc) is 3.22. The summed E-state index contributed by atoms with van der Waals surface area (Å²) in [4.78, 5) is 4.74. The third-order valence-corrected chi connectivity index (χ3v) is 5.09. The lowest BCUT2D eigenvalue weighted by molar-refractivity contribution is -0.00155. The van der Waals surface area contributed by atoms with Gasteiger partial charge in [0.25, 0.3) is 0 Å². The van der Waals surface area contributed by atoms with Crippen LogP contribution in [-0.4, -0.2) is 73.6 Å². The first-order valence-electron chi connectivity index (χ1n) is 10.1. The summed E-state index contributed by atoms with van der Waals surface area (Å²) in [6.07, 6.45) is 1.09. The molecule has 3 rings (SSSR count). The van der Waals surface area contributed by atoms with Crippen LogP contribution in [0.1, 0.15) is 16.9 Å². The number of ether oxygens (including phenoxy) is 2. The molecule has 0 unspecified atom stereocenters. The predicted octanol–water partition coefficient (Wildman–Crippen LogP) is 2.30. The number of nitrogens with zero attached hydrogens (tertiary/aromatic N) is 2. The second-order valence-corrected chi connectivity index (χ2v) is 7.36. The number of furan rings is 1. The van der Waals surface area contributed by atoms with Crippen molar-refractivity contribution in [1.82, 2.24) is 9.80 Å². The Labute approximate surface area is 167 Å². The number of hydrogen-bond acceptors (Lipinski definition) is 6. The minimum atomic E-state index is -0.538. The SMILES string of the molecule is Cc1ccccc1CN(CCN1CCOCC1)C[C@@H](O)COCc1ccco1. The van der Waals surface area contributed by atoms with E-state index in [1.807, 2.05) is 12.1 Å². The first-order chi connectivity index (χ1) is 13.7. The van der Waals surface area contributed by atoms with Crippen molar-refractivity contribution < 1.29 is 19.0 Å². The van der Waals surface area contributed by atoms with Crippen LogP contribution in [0.25, 0.3) is 0 Å². The van der Waals surface area contributed by atoms with Crippen molar-refractivity contribution in [2.24, 2.45) is 0 Å². The van der Waals surface area contributed by atoms with Crippen LogP contribution in [0.2, 0.25) is 0 Å². The van der Waals surface area contributed by atoms with Crippen LogP contribution in [0, 0.1) is 6.92 Å². The molecule has 0 saturated carbocycles. The number of rotatable bonds is 11. The van der Waals surface area contributed by atoms with Gasteiger partial charge >= 0.3 is 0 Å². The lowest BCUT2D eigenvalue weighted by atomic mass is 10.1. The second kappa shape index (κ2) is 11.3. The Morgan fingerprint density at radius 1 is 1.18 bits per heavy atom. The van der Waals surface area contributed by atoms with Gasteiger partial charge < -0.3 is 19.0 Å². The quantitative estimate of drug-likeness (QED) is 0.637. The zero-order valence-corrected chi connectivity index (χ0v) is 16.8. The van der Waals surface area contributed by atoms with Crippen LogP contribution >= 0.6 is 0 Å². The number of aliphatic hydroxyl groups excluding tert-OH is 1. The maximum absolute atomic E-state index is 10.5. The van der Waals surface area contributed by atoms with Gasteiger partial charge in [-0.05, 0) is 30.2 Å². The molecular weight excluding hydrogens is 356 g/mol. The molecule has 0 amide bonds. The number of aryl methyl sites for hydroxylation is 1. The maximum Gasteiger partial charge on any atom is 0.129 e. The molecule has 154 valence electrons. The standard InChI is InChI=1S/C22H32N2O4/c1-19-5-2-3-6-20(19)15-24(9-8-23-10-13-26-14-11-23)16-21(25)17-27-18-22-7-4-12-28-22/h2-7,12,21,25H,8-11,13-18H2,1H3/t21-/m1/s1. The zero-order valence-electron chi connectivity index (χ0n) is 16.8. The normalized spacial score (nSPS) is 16.5. The summed E-state index contributed by atoms with van der Waals surface area (Å²) in [5.74, 6) is 0.774. The molecule has 1 atom stereocenters. The minimum Gasteiger partial charge on any atom is -0.467 e. The molecule has 1 aromatic heterocycles. The van der Waals surface area contributed by atoms with Crippen molar-refractivity contribution in [3.8, 4) is 0 Å². The second-order valence-electron chi connectivity index (χ2n) is 7.36. The number of benzene rings is 1. The van der Waals surface area contributed by atoms with E-state index in [-0.39, 0.29) is 0 Å². The van der Waals surface area contributed by atoms with Gasteiger partial charge in [0.15, 0.2) is 0 Å². The third-order valence-electron chi connectivity index (χ3n) is 5.09. The Bertz CT molecular complexity index is 671. The van der Waals surface area contributed by atoms with Gasteiger partial charge in [-0.15, -0.1) is 0 Å². The molecule has 2 aromatic rings. The molecule has 1 aromatic carbocycles. The van der Waals surface area contributed by atoms with E-state index >= 15 is 0 Å². The minimum absolute atomic E-state index is 0.294. The van der Waals surface area contributed by atoms with Crippen molar-refractivity contribution >= 4 is 0 Å². The molecule has 1 N–H and O–H groups in total. The highest BCUT2D eigenvalue weighted by Crippen LogP contribution is 2.12. The fourth-order valence-electron chi connectivity index (χ4n) is 3.41. The van der Waals surface area contributed by atoms with E-state index in [4.69, 9.17) is 13.9 Å². The lowest BCUT2D eigenvalue weighted by Crippen LogP contribution is -2.43. The first-order valence-corrected chi connectivity index (χ1v) is 10.1. The monoisotopic (exact) mass is 388 g/mol. The van der Waals surface area contributed by atoms with E-state index in [9.17, 15) is 5.11 Å². The number of morpholine rings is 1. The van der Waals surface area contributed by atoms with Crippen LogP contribution < -0.4 is 0 Å². The molecule has 0 aliphatic carbocycles. The van der Waals surface area contributed by atoms with Gasteiger partial charge in [0.05, 0.1) is 32.2 Å². The van der Waals surface area contributed by atoms with Crippen molar-refractivity contribution in [3.63, 3.8) is 0 Å². The highest BCUT2D eigenvalue weighted by atomic mass is 16.5. The molecule has 0 radical (unpaired) electrons. The Hall–Kier alpha value is -1.70. The van der Waals surface area contributed by atoms with Gasteiger partial charge in [0.2, 0.25) is 0 Å². The van der Waals surface area contributed by atoms with Crippen LogP contribution in [0.5, 0.6) is 0 Å². The van der Waals surface area contributed by atoms with Gasteiger partial charge in [-0.1, -0.05) is 24.3 Å². The Balaban J connectivity index is 1.50. The molecule has 0 bridgehead atoms. The van der Waals surface area contributed by atoms with E-state index in [2.05, 4.69) is 41.0 Å². The molecule has 6 heteroatoms. The highest BCUT2D eigenvalue weighted by molar-refractivity contribution is 5.25. The smallest absolute Gasteiger partial charge is 0.129 e. The fourth-order valence-corrected chi connectivity index (χ4v) is 3.41. The largest absolute Gasteiger partial charge is 0.467 e. The summed E-state index contributed by atoms with van der Waals surface area (Å²) in [6, 6.07) is 12.2. The van der Waals surface area contributed by atoms with Gasteiger partial charge in [-0.3, -0.25) is 9.80 Å². The fraction of sp³-hybridized carbons (Fsp3) is 0.545. The van der Waals surface area contributed by atoms with Crippen LogP contribution in [0.15, 0.2) is 47.1 Å². The molecule has 1 aliphatic heterocycles. The maximum atomic E-state index is 10.5. The molecule has 1 aliphatic rings. The highest BCUT2D eigenvalue weighted by Gasteiger charge is 2.16. The third kappa shape index (κ3) is 7.04. The van der Waals surface area contributed by atoms with Gasteiger partial charge in [0, 0.05) is 39.3 Å². The van der Waals surface area contributed by atoms with Crippen LogP contribution in [0.4, 0.5) is 0 Å². The Kier molecular flexibility index (Phi) is 8.51. The van der Waals surface area contributed by atoms with Crippen molar-refractivity contribution in [2.45, 2.75) is 26.2 Å². The summed E-state index contributed by atoms with van der Waals surface area (Å²) in [6.45, 7) is 9.68. The molecule has 6 nitrogen and oxygen atoms in total. The molecule has 1 fully saturated rings. The molecular formula is C22H32N2O4. The summed E-state index contributed by atoms with van der Waals surface area (Å²) in [5, 5.41) is 10.5. The topological polar surface area (TPSA) is 58.3 Å². The first kappa shape index (κ1) is 21.0. The van der Waals surface area contributed by atoms with Crippen molar-refractivity contribution in [3.05, 3.63) is 59.5 Å². The molecule has 0 spiro atoms. The average molecular weight is 389 g/mol. The number of hydrogen-bond donors (Lipinski definition) is 1. The summed E-state index contributed by atoms with van der Waals surface area (Å²) >= 11 is 0. The van der Waals surface area contributed by atoms with E-state index in [1.165, 1.54) is 11.1 Å². The van der Waals surface area contributed by atoms with E-state index in [1.54, 1.807) is 6.26 Å². The van der Waals surface area contributed by atoms with Crippen LogP contribution in [0.3, 0.4) is 0 Å². The summed E-state index contributed by atoms with van der Waals surface area (Å²) < 4.78 is 16.3. The molecule has 1 saturated heterocycles. The number of aliphatic hydroxyl groups is 1. The van der Waals surface area contributed by atoms with Crippen molar-refractivity contribution in [1.29, 1.82) is 0 Å². The summed E-state index contributed by atoms with van der Waals surface area (Å²) in [5.41, 5.74) is 2.58. The lowest BCUT2D eigenvalue weighted by Gasteiger charge is -2.31. The van der Waals surface area contributed by atoms with E-state index in [0.29, 0.717) is 19.8 Å². The van der Waals surface area contributed by atoms with Crippen LogP contribution in [-0.2, 0) is 22.6 Å². The predicted molar refractivity (Wildman–Crippen MR) is 108 cm³/mol. The molecule has 2 heterocycles. The Morgan fingerprint density at radius 2 is 2.00 bits per heavy atom. The van der Waals surface area contributed by atoms with Gasteiger partial charge in [-0.2, -0.15) is 0 Å². The van der Waals surface area contributed by atoms with Gasteiger partial charge in [0.1, 0.15) is 12.4 Å². The molecule has 28 heavy (non-hydrogen) atoms. The van der Waals surface area contributed by atoms with Gasteiger partial charge in [-0.25, -0.2) is 0 Å². The van der Waals surface area contributed by atoms with Crippen molar-refractivity contribution in [2.75, 3.05) is 52.5 Å². The Morgan fingerprint density at radius 3 is 2.75 bits per heavy atom. The zero-order chi connectivity index (χ0) is 19.6. The van der Waals surface area contributed by atoms with E-state index < -0.39 is 6.10 Å². The summed E-state index contributed by atoms with van der Waals surface area (Å²) in [7, 11) is 0.